The summed E-state index contributed by atoms with van der Waals surface area (Å²) in [5.74, 6) is 0.476. The number of alkyl halides is 3. The summed E-state index contributed by atoms with van der Waals surface area (Å²) >= 11 is 1.50. The predicted molar refractivity (Wildman–Crippen MR) is 116 cm³/mol. The van der Waals surface area contributed by atoms with Crippen LogP contribution in [0.25, 0.3) is 0 Å². The maximum Gasteiger partial charge on any atom is 0.389 e. The minimum Gasteiger partial charge on any atom is -0.297 e. The van der Waals surface area contributed by atoms with Crippen LogP contribution in [0.15, 0.2) is 53.0 Å². The highest BCUT2D eigenvalue weighted by Gasteiger charge is 2.29. The summed E-state index contributed by atoms with van der Waals surface area (Å²) in [4.78, 5) is 2.72. The van der Waals surface area contributed by atoms with E-state index in [-0.39, 0.29) is 18.3 Å². The van der Waals surface area contributed by atoms with E-state index in [2.05, 4.69) is 29.2 Å². The van der Waals surface area contributed by atoms with Gasteiger partial charge in [0.15, 0.2) is 0 Å². The van der Waals surface area contributed by atoms with Gasteiger partial charge in [-0.3, -0.25) is 4.90 Å². The minimum absolute atomic E-state index is 0.00169. The Morgan fingerprint density at radius 3 is 2.80 bits per heavy atom. The Kier molecular flexibility index (Phi) is 8.23. The van der Waals surface area contributed by atoms with Gasteiger partial charge in [-0.25, -0.2) is 4.39 Å². The lowest BCUT2D eigenvalue weighted by atomic mass is 9.86. The molecule has 0 amide bonds. The Hall–Kier alpha value is -1.53. The van der Waals surface area contributed by atoms with Crippen molar-refractivity contribution in [3.63, 3.8) is 0 Å². The van der Waals surface area contributed by atoms with E-state index in [0.717, 1.165) is 42.4 Å². The third-order valence-corrected chi connectivity index (χ3v) is 6.78. The number of hydrogen-bond acceptors (Lipinski definition) is 2. The summed E-state index contributed by atoms with van der Waals surface area (Å²) < 4.78 is 52.5. The molecule has 0 unspecified atom stereocenters. The fraction of sp³-hybridized carbons (Fsp3) is 0.500. The predicted octanol–water partition coefficient (Wildman–Crippen LogP) is 7.40. The summed E-state index contributed by atoms with van der Waals surface area (Å²) in [6, 6.07) is 3.59. The zero-order valence-electron chi connectivity index (χ0n) is 17.4. The van der Waals surface area contributed by atoms with E-state index < -0.39 is 12.6 Å². The van der Waals surface area contributed by atoms with Crippen molar-refractivity contribution in [3.05, 3.63) is 65.0 Å². The van der Waals surface area contributed by atoms with Gasteiger partial charge in [0.25, 0.3) is 0 Å². The van der Waals surface area contributed by atoms with Crippen LogP contribution in [0.5, 0.6) is 0 Å². The van der Waals surface area contributed by atoms with Gasteiger partial charge in [0.05, 0.1) is 0 Å². The first-order chi connectivity index (χ1) is 14.4. The standard InChI is InChI=1S/C24H29F4NS/c1-2-29(14-8-13-24(26,27)28)22-12-7-11-19-15-23(21(25)16-20(19)22)30-17-18-9-5-3-4-6-10-18/h3,5-6,9-10,15-16,22H,2,4,7-8,11-14,17H2,1H3/t22-/m0/s1. The summed E-state index contributed by atoms with van der Waals surface area (Å²) in [6.45, 7) is 3.01. The lowest BCUT2D eigenvalue weighted by molar-refractivity contribution is -0.136. The molecule has 1 aromatic carbocycles. The Morgan fingerprint density at radius 2 is 2.03 bits per heavy atom. The first-order valence-electron chi connectivity index (χ1n) is 10.7. The summed E-state index contributed by atoms with van der Waals surface area (Å²) in [7, 11) is 0. The minimum atomic E-state index is -4.13. The molecule has 2 aliphatic carbocycles. The number of hydrogen-bond donors (Lipinski definition) is 0. The van der Waals surface area contributed by atoms with Crippen LogP contribution in [-0.4, -0.2) is 29.9 Å². The number of benzene rings is 1. The van der Waals surface area contributed by atoms with Crippen LogP contribution in [0, 0.1) is 5.82 Å². The van der Waals surface area contributed by atoms with Crippen molar-refractivity contribution in [2.75, 3.05) is 18.8 Å². The summed E-state index contributed by atoms with van der Waals surface area (Å²) in [5.41, 5.74) is 3.24. The molecule has 0 spiro atoms. The van der Waals surface area contributed by atoms with Gasteiger partial charge in [-0.2, -0.15) is 13.2 Å². The van der Waals surface area contributed by atoms with Crippen LogP contribution in [-0.2, 0) is 6.42 Å². The average Bonchev–Trinajstić information content (AvgIpc) is 2.97. The van der Waals surface area contributed by atoms with E-state index in [9.17, 15) is 17.6 Å². The number of rotatable bonds is 8. The highest BCUT2D eigenvalue weighted by Crippen LogP contribution is 2.38. The first kappa shape index (κ1) is 23.1. The fourth-order valence-corrected chi connectivity index (χ4v) is 5.10. The average molecular weight is 440 g/mol. The largest absolute Gasteiger partial charge is 0.389 e. The van der Waals surface area contributed by atoms with E-state index in [1.54, 1.807) is 6.07 Å². The molecule has 1 aromatic rings. The van der Waals surface area contributed by atoms with Crippen molar-refractivity contribution < 1.29 is 17.6 Å². The van der Waals surface area contributed by atoms with Gasteiger partial charge in [-0.1, -0.05) is 37.3 Å². The molecule has 0 fully saturated rings. The molecule has 6 heteroatoms. The molecule has 30 heavy (non-hydrogen) atoms. The number of halogens is 4. The normalized spacial score (nSPS) is 19.0. The van der Waals surface area contributed by atoms with Crippen molar-refractivity contribution in [1.29, 1.82) is 0 Å². The van der Waals surface area contributed by atoms with E-state index in [1.807, 2.05) is 19.1 Å². The fourth-order valence-electron chi connectivity index (χ4n) is 4.17. The lowest BCUT2D eigenvalue weighted by Crippen LogP contribution is -2.32. The molecule has 1 atom stereocenters. The van der Waals surface area contributed by atoms with E-state index in [4.69, 9.17) is 0 Å². The lowest BCUT2D eigenvalue weighted by Gasteiger charge is -2.35. The van der Waals surface area contributed by atoms with Gasteiger partial charge in [0.1, 0.15) is 5.82 Å². The zero-order valence-corrected chi connectivity index (χ0v) is 18.2. The van der Waals surface area contributed by atoms with Gasteiger partial charge in [-0.05, 0) is 74.0 Å². The van der Waals surface area contributed by atoms with Crippen molar-refractivity contribution in [2.24, 2.45) is 0 Å². The van der Waals surface area contributed by atoms with Gasteiger partial charge < -0.3 is 0 Å². The Balaban J connectivity index is 1.71. The highest BCUT2D eigenvalue weighted by molar-refractivity contribution is 7.99. The molecular weight excluding hydrogens is 410 g/mol. The van der Waals surface area contributed by atoms with Gasteiger partial charge in [0, 0.05) is 23.1 Å². The maximum absolute atomic E-state index is 14.9. The van der Waals surface area contributed by atoms with E-state index in [1.165, 1.54) is 11.8 Å². The maximum atomic E-state index is 14.9. The summed E-state index contributed by atoms with van der Waals surface area (Å²) in [6.07, 6.45) is 9.18. The molecule has 0 radical (unpaired) electrons. The third kappa shape index (κ3) is 6.48. The Morgan fingerprint density at radius 1 is 1.20 bits per heavy atom. The molecule has 0 saturated carbocycles. The van der Waals surface area contributed by atoms with Crippen molar-refractivity contribution in [1.82, 2.24) is 4.90 Å². The number of allylic oxidation sites excluding steroid dienone is 5. The van der Waals surface area contributed by atoms with Crippen molar-refractivity contribution in [3.8, 4) is 0 Å². The van der Waals surface area contributed by atoms with Gasteiger partial charge >= 0.3 is 6.18 Å². The molecule has 0 saturated heterocycles. The first-order valence-corrected chi connectivity index (χ1v) is 11.6. The van der Waals surface area contributed by atoms with Crippen molar-refractivity contribution >= 4 is 11.8 Å². The Labute approximate surface area is 180 Å². The SMILES string of the molecule is CCN(CCCC(F)(F)F)[C@H]1CCCc2cc(SCC3=CC=CCC=C3)c(F)cc21. The van der Waals surface area contributed by atoms with Crippen molar-refractivity contribution in [2.45, 2.75) is 62.6 Å². The molecule has 0 N–H and O–H groups in total. The smallest absolute Gasteiger partial charge is 0.297 e. The molecule has 2 aliphatic rings. The van der Waals surface area contributed by atoms with Crippen LogP contribution in [0.1, 0.15) is 56.2 Å². The van der Waals surface area contributed by atoms with E-state index >= 15 is 0 Å². The van der Waals surface area contributed by atoms with E-state index in [0.29, 0.717) is 23.7 Å². The second-order valence-electron chi connectivity index (χ2n) is 7.83. The second-order valence-corrected chi connectivity index (χ2v) is 8.85. The topological polar surface area (TPSA) is 3.24 Å². The monoisotopic (exact) mass is 439 g/mol. The molecule has 1 nitrogen and oxygen atoms in total. The van der Waals surface area contributed by atoms with Gasteiger partial charge in [0.2, 0.25) is 0 Å². The second kappa shape index (κ2) is 10.7. The molecule has 0 aliphatic heterocycles. The van der Waals surface area contributed by atoms with Crippen LogP contribution in [0.3, 0.4) is 0 Å². The third-order valence-electron chi connectivity index (χ3n) is 5.67. The quantitative estimate of drug-likeness (QED) is 0.307. The van der Waals surface area contributed by atoms with Crippen LogP contribution in [0.4, 0.5) is 17.6 Å². The number of nitrogens with zero attached hydrogens (tertiary/aromatic N) is 1. The summed E-state index contributed by atoms with van der Waals surface area (Å²) in [5, 5.41) is 0. The molecular formula is C24H29F4NS. The number of aryl methyl sites for hydroxylation is 1. The molecule has 3 rings (SSSR count). The number of fused-ring (bicyclic) bond motifs is 1. The number of thioether (sulfide) groups is 1. The molecule has 0 bridgehead atoms. The van der Waals surface area contributed by atoms with Crippen LogP contribution < -0.4 is 0 Å². The van der Waals surface area contributed by atoms with Gasteiger partial charge in [-0.15, -0.1) is 11.8 Å². The van der Waals surface area contributed by atoms with Crippen LogP contribution in [0.2, 0.25) is 0 Å². The molecule has 0 heterocycles. The molecule has 164 valence electrons. The molecule has 0 aromatic heterocycles. The Bertz CT molecular complexity index is 810. The van der Waals surface area contributed by atoms with Crippen LogP contribution >= 0.6 is 11.8 Å². The zero-order chi connectivity index (χ0) is 21.6. The highest BCUT2D eigenvalue weighted by atomic mass is 32.2.